The van der Waals surface area contributed by atoms with E-state index < -0.39 is 10.8 Å². The summed E-state index contributed by atoms with van der Waals surface area (Å²) < 4.78 is 0. The summed E-state index contributed by atoms with van der Waals surface area (Å²) in [5.74, 6) is -0.238. The number of hydrogen-bond donors (Lipinski definition) is 0. The third-order valence-corrected chi connectivity index (χ3v) is 3.70. The van der Waals surface area contributed by atoms with Crippen LogP contribution in [0.15, 0.2) is 0 Å². The van der Waals surface area contributed by atoms with Crippen LogP contribution in [-0.4, -0.2) is 23.3 Å². The molecule has 0 aromatic carbocycles. The molecule has 17 heavy (non-hydrogen) atoms. The summed E-state index contributed by atoms with van der Waals surface area (Å²) in [5.41, 5.74) is -1.20. The first kappa shape index (κ1) is 13.7. The molecule has 0 bridgehead atoms. The second kappa shape index (κ2) is 4.48. The van der Waals surface area contributed by atoms with Gasteiger partial charge in [-0.25, -0.2) is 0 Å². The SMILES string of the molecule is CCC1(CC)CC(=O)N(CC(C)(C)C#N)C1=O. The van der Waals surface area contributed by atoms with Gasteiger partial charge in [-0.15, -0.1) is 0 Å². The molecular formula is C13H20N2O2. The second-order valence-electron chi connectivity index (χ2n) is 5.44. The van der Waals surface area contributed by atoms with Gasteiger partial charge < -0.3 is 0 Å². The van der Waals surface area contributed by atoms with Gasteiger partial charge in [0.2, 0.25) is 11.8 Å². The summed E-state index contributed by atoms with van der Waals surface area (Å²) >= 11 is 0. The highest BCUT2D eigenvalue weighted by molar-refractivity contribution is 6.05. The first-order valence-electron chi connectivity index (χ1n) is 6.08. The van der Waals surface area contributed by atoms with Crippen molar-refractivity contribution < 1.29 is 9.59 Å². The summed E-state index contributed by atoms with van der Waals surface area (Å²) in [6.07, 6.45) is 1.65. The Morgan fingerprint density at radius 3 is 2.24 bits per heavy atom. The number of imide groups is 1. The summed E-state index contributed by atoms with van der Waals surface area (Å²) in [4.78, 5) is 25.5. The van der Waals surface area contributed by atoms with Crippen LogP contribution in [0.25, 0.3) is 0 Å². The number of carbonyl (C=O) groups excluding carboxylic acids is 2. The van der Waals surface area contributed by atoms with Gasteiger partial charge in [-0.05, 0) is 26.7 Å². The maximum Gasteiger partial charge on any atom is 0.235 e. The van der Waals surface area contributed by atoms with Crippen LogP contribution in [0.4, 0.5) is 0 Å². The van der Waals surface area contributed by atoms with Crippen LogP contribution < -0.4 is 0 Å². The molecular weight excluding hydrogens is 216 g/mol. The molecule has 94 valence electrons. The molecule has 0 aromatic heterocycles. The van der Waals surface area contributed by atoms with E-state index in [2.05, 4.69) is 6.07 Å². The van der Waals surface area contributed by atoms with Gasteiger partial charge in [-0.1, -0.05) is 13.8 Å². The lowest BCUT2D eigenvalue weighted by Gasteiger charge is -2.26. The minimum Gasteiger partial charge on any atom is -0.281 e. The van der Waals surface area contributed by atoms with Crippen molar-refractivity contribution in [3.05, 3.63) is 0 Å². The molecule has 4 nitrogen and oxygen atoms in total. The number of carbonyl (C=O) groups is 2. The Balaban J connectivity index is 2.95. The predicted molar refractivity (Wildman–Crippen MR) is 63.7 cm³/mol. The summed E-state index contributed by atoms with van der Waals surface area (Å²) in [7, 11) is 0. The van der Waals surface area contributed by atoms with Crippen molar-refractivity contribution in [2.75, 3.05) is 6.54 Å². The number of rotatable bonds is 4. The van der Waals surface area contributed by atoms with Gasteiger partial charge in [-0.3, -0.25) is 14.5 Å². The Labute approximate surface area is 103 Å². The minimum absolute atomic E-state index is 0.101. The van der Waals surface area contributed by atoms with Crippen molar-refractivity contribution in [1.82, 2.24) is 4.90 Å². The van der Waals surface area contributed by atoms with E-state index in [-0.39, 0.29) is 18.4 Å². The van der Waals surface area contributed by atoms with Crippen molar-refractivity contribution in [3.8, 4) is 6.07 Å². The fraction of sp³-hybridized carbons (Fsp3) is 0.769. The van der Waals surface area contributed by atoms with Crippen LogP contribution >= 0.6 is 0 Å². The standard InChI is InChI=1S/C13H20N2O2/c1-5-13(6-2)7-10(16)15(11(13)17)9-12(3,4)8-14/h5-7,9H2,1-4H3. The maximum absolute atomic E-state index is 12.3. The summed E-state index contributed by atoms with van der Waals surface area (Å²) in [6, 6.07) is 2.13. The van der Waals surface area contributed by atoms with E-state index >= 15 is 0 Å². The zero-order valence-corrected chi connectivity index (χ0v) is 11.0. The Morgan fingerprint density at radius 1 is 1.35 bits per heavy atom. The Kier molecular flexibility index (Phi) is 3.61. The van der Waals surface area contributed by atoms with E-state index in [0.717, 1.165) is 0 Å². The zero-order valence-electron chi connectivity index (χ0n) is 11.0. The molecule has 0 unspecified atom stereocenters. The molecule has 1 rings (SSSR count). The van der Waals surface area contributed by atoms with Crippen molar-refractivity contribution in [3.63, 3.8) is 0 Å². The molecule has 0 atom stereocenters. The second-order valence-corrected chi connectivity index (χ2v) is 5.44. The van der Waals surface area contributed by atoms with E-state index in [0.29, 0.717) is 19.3 Å². The van der Waals surface area contributed by atoms with E-state index in [1.807, 2.05) is 13.8 Å². The average molecular weight is 236 g/mol. The lowest BCUT2D eigenvalue weighted by molar-refractivity contribution is -0.142. The highest BCUT2D eigenvalue weighted by Gasteiger charge is 2.50. The number of amides is 2. The van der Waals surface area contributed by atoms with Crippen molar-refractivity contribution >= 4 is 11.8 Å². The lowest BCUT2D eigenvalue weighted by atomic mass is 9.81. The van der Waals surface area contributed by atoms with Gasteiger partial charge in [0.05, 0.1) is 16.9 Å². The molecule has 2 amide bonds. The Hall–Kier alpha value is -1.37. The molecule has 4 heteroatoms. The first-order chi connectivity index (χ1) is 7.82. The quantitative estimate of drug-likeness (QED) is 0.702. The molecule has 1 saturated heterocycles. The maximum atomic E-state index is 12.3. The fourth-order valence-electron chi connectivity index (χ4n) is 2.25. The van der Waals surface area contributed by atoms with E-state index in [9.17, 15) is 9.59 Å². The molecule has 1 aliphatic heterocycles. The fourth-order valence-corrected chi connectivity index (χ4v) is 2.25. The zero-order chi connectivity index (χ0) is 13.3. The minimum atomic E-state index is -0.678. The van der Waals surface area contributed by atoms with E-state index in [1.54, 1.807) is 13.8 Å². The molecule has 1 aliphatic rings. The van der Waals surface area contributed by atoms with Crippen LogP contribution in [0, 0.1) is 22.2 Å². The molecule has 0 aromatic rings. The molecule has 0 aliphatic carbocycles. The molecule has 0 radical (unpaired) electrons. The third-order valence-electron chi connectivity index (χ3n) is 3.70. The summed E-state index contributed by atoms with van der Waals surface area (Å²) in [6.45, 7) is 7.56. The predicted octanol–water partition coefficient (Wildman–Crippen LogP) is 2.10. The van der Waals surface area contributed by atoms with E-state index in [4.69, 9.17) is 5.26 Å². The first-order valence-corrected chi connectivity index (χ1v) is 6.08. The molecule has 0 N–H and O–H groups in total. The lowest BCUT2D eigenvalue weighted by Crippen LogP contribution is -2.40. The molecule has 0 saturated carbocycles. The summed E-state index contributed by atoms with van der Waals surface area (Å²) in [5, 5.41) is 8.97. The highest BCUT2D eigenvalue weighted by Crippen LogP contribution is 2.40. The Bertz CT molecular complexity index is 375. The third kappa shape index (κ3) is 2.33. The van der Waals surface area contributed by atoms with Gasteiger partial charge in [0.1, 0.15) is 0 Å². The van der Waals surface area contributed by atoms with Gasteiger partial charge >= 0.3 is 0 Å². The topological polar surface area (TPSA) is 61.2 Å². The smallest absolute Gasteiger partial charge is 0.235 e. The highest BCUT2D eigenvalue weighted by atomic mass is 16.2. The van der Waals surface area contributed by atoms with Crippen LogP contribution in [0.3, 0.4) is 0 Å². The number of nitriles is 1. The van der Waals surface area contributed by atoms with Crippen LogP contribution in [0.2, 0.25) is 0 Å². The van der Waals surface area contributed by atoms with Crippen molar-refractivity contribution in [1.29, 1.82) is 5.26 Å². The average Bonchev–Trinajstić information content (AvgIpc) is 2.53. The van der Waals surface area contributed by atoms with Crippen LogP contribution in [0.1, 0.15) is 47.0 Å². The number of hydrogen-bond acceptors (Lipinski definition) is 3. The van der Waals surface area contributed by atoms with Gasteiger partial charge in [0.25, 0.3) is 0 Å². The van der Waals surface area contributed by atoms with Gasteiger partial charge in [0, 0.05) is 13.0 Å². The molecule has 1 fully saturated rings. The molecule has 0 spiro atoms. The normalized spacial score (nSPS) is 19.6. The molecule has 1 heterocycles. The number of nitrogens with zero attached hydrogens (tertiary/aromatic N) is 2. The van der Waals surface area contributed by atoms with Crippen molar-refractivity contribution in [2.24, 2.45) is 10.8 Å². The van der Waals surface area contributed by atoms with Crippen molar-refractivity contribution in [2.45, 2.75) is 47.0 Å². The Morgan fingerprint density at radius 2 is 1.88 bits per heavy atom. The largest absolute Gasteiger partial charge is 0.281 e. The van der Waals surface area contributed by atoms with E-state index in [1.165, 1.54) is 4.90 Å². The van der Waals surface area contributed by atoms with Crippen LogP contribution in [-0.2, 0) is 9.59 Å². The number of likely N-dealkylation sites (tertiary alicyclic amines) is 1. The van der Waals surface area contributed by atoms with Gasteiger partial charge in [-0.2, -0.15) is 5.26 Å². The monoisotopic (exact) mass is 236 g/mol. The van der Waals surface area contributed by atoms with Gasteiger partial charge in [0.15, 0.2) is 0 Å². The van der Waals surface area contributed by atoms with Crippen LogP contribution in [0.5, 0.6) is 0 Å².